The fraction of sp³-hybridized carbons (Fsp3) is 0.812. The summed E-state index contributed by atoms with van der Waals surface area (Å²) >= 11 is 0. The molecule has 0 aromatic rings. The van der Waals surface area contributed by atoms with Crippen LogP contribution in [0, 0.1) is 29.6 Å². The van der Waals surface area contributed by atoms with Crippen molar-refractivity contribution >= 4 is 5.91 Å². The lowest BCUT2D eigenvalue weighted by atomic mass is 9.64. The smallest absolute Gasteiger partial charge is 0.228 e. The minimum atomic E-state index is 0.138. The predicted molar refractivity (Wildman–Crippen MR) is 72.5 cm³/mol. The molecule has 0 spiro atoms. The highest BCUT2D eigenvalue weighted by atomic mass is 16.5. The van der Waals surface area contributed by atoms with Crippen molar-refractivity contribution in [2.45, 2.75) is 25.7 Å². The van der Waals surface area contributed by atoms with E-state index >= 15 is 0 Å². The molecule has 5 aliphatic rings. The highest BCUT2D eigenvalue weighted by Gasteiger charge is 2.47. The van der Waals surface area contributed by atoms with Crippen molar-refractivity contribution < 1.29 is 9.53 Å². The summed E-state index contributed by atoms with van der Waals surface area (Å²) in [5.74, 6) is 3.49. The van der Waals surface area contributed by atoms with Crippen LogP contribution in [0.25, 0.3) is 0 Å². The first-order chi connectivity index (χ1) is 9.33. The van der Waals surface area contributed by atoms with Crippen LogP contribution < -0.4 is 0 Å². The molecule has 5 atom stereocenters. The van der Waals surface area contributed by atoms with Crippen molar-refractivity contribution in [3.05, 3.63) is 12.2 Å². The van der Waals surface area contributed by atoms with E-state index in [-0.39, 0.29) is 5.92 Å². The quantitative estimate of drug-likeness (QED) is 0.676. The van der Waals surface area contributed by atoms with Crippen molar-refractivity contribution in [1.82, 2.24) is 4.90 Å². The van der Waals surface area contributed by atoms with Crippen LogP contribution in [-0.2, 0) is 9.53 Å². The molecule has 0 aromatic heterocycles. The summed E-state index contributed by atoms with van der Waals surface area (Å²) < 4.78 is 5.48. The summed E-state index contributed by atoms with van der Waals surface area (Å²) in [5.41, 5.74) is 0. The van der Waals surface area contributed by atoms with Gasteiger partial charge in [-0.1, -0.05) is 12.2 Å². The minimum Gasteiger partial charge on any atom is -0.381 e. The standard InChI is InChI=1S/C16H23NO2/c18-16(13-2-1-7-19-10-13)17-8-14-11-3-4-12(6-5-11)15(14)9-17/h3-4,11-15H,1-2,5-10H2. The zero-order valence-electron chi connectivity index (χ0n) is 11.5. The van der Waals surface area contributed by atoms with E-state index in [1.54, 1.807) is 0 Å². The first kappa shape index (κ1) is 12.0. The lowest BCUT2D eigenvalue weighted by molar-refractivity contribution is -0.138. The molecule has 2 bridgehead atoms. The average Bonchev–Trinajstić information content (AvgIpc) is 2.96. The molecule has 3 heteroatoms. The number of ether oxygens (including phenoxy) is 1. The van der Waals surface area contributed by atoms with Gasteiger partial charge in [-0.3, -0.25) is 4.79 Å². The van der Waals surface area contributed by atoms with Crippen molar-refractivity contribution in [2.24, 2.45) is 29.6 Å². The third kappa shape index (κ3) is 1.94. The van der Waals surface area contributed by atoms with Crippen LogP contribution in [0.4, 0.5) is 0 Å². The Morgan fingerprint density at radius 1 is 1.05 bits per heavy atom. The summed E-state index contributed by atoms with van der Waals surface area (Å²) in [7, 11) is 0. The van der Waals surface area contributed by atoms with Gasteiger partial charge in [-0.15, -0.1) is 0 Å². The fourth-order valence-corrected chi connectivity index (χ4v) is 4.71. The first-order valence-electron chi connectivity index (χ1n) is 7.88. The maximum Gasteiger partial charge on any atom is 0.228 e. The Labute approximate surface area is 115 Å². The Bertz CT molecular complexity index is 378. The molecule has 3 fully saturated rings. The summed E-state index contributed by atoms with van der Waals surface area (Å²) in [6.45, 7) is 3.50. The van der Waals surface area contributed by atoms with E-state index in [1.807, 2.05) is 0 Å². The van der Waals surface area contributed by atoms with Crippen molar-refractivity contribution in [3.8, 4) is 0 Å². The monoisotopic (exact) mass is 261 g/mol. The van der Waals surface area contributed by atoms with E-state index < -0.39 is 0 Å². The number of carbonyl (C=O) groups is 1. The van der Waals surface area contributed by atoms with E-state index in [1.165, 1.54) is 12.8 Å². The Morgan fingerprint density at radius 3 is 2.26 bits per heavy atom. The molecule has 3 nitrogen and oxygen atoms in total. The molecule has 2 aliphatic heterocycles. The van der Waals surface area contributed by atoms with Crippen LogP contribution in [0.5, 0.6) is 0 Å². The zero-order valence-corrected chi connectivity index (χ0v) is 11.5. The number of likely N-dealkylation sites (tertiary alicyclic amines) is 1. The lowest BCUT2D eigenvalue weighted by Crippen LogP contribution is -2.38. The molecule has 3 aliphatic carbocycles. The van der Waals surface area contributed by atoms with Gasteiger partial charge in [0.25, 0.3) is 0 Å². The normalized spacial score (nSPS) is 44.4. The second-order valence-corrected chi connectivity index (χ2v) is 6.77. The van der Waals surface area contributed by atoms with Gasteiger partial charge in [-0.05, 0) is 49.4 Å². The van der Waals surface area contributed by atoms with E-state index in [2.05, 4.69) is 17.1 Å². The molecule has 0 radical (unpaired) electrons. The number of fused-ring (bicyclic) bond motifs is 1. The van der Waals surface area contributed by atoms with Gasteiger partial charge in [-0.25, -0.2) is 0 Å². The third-order valence-electron chi connectivity index (χ3n) is 5.77. The molecule has 0 aromatic carbocycles. The van der Waals surface area contributed by atoms with Gasteiger partial charge in [0.2, 0.25) is 5.91 Å². The third-order valence-corrected chi connectivity index (χ3v) is 5.77. The number of rotatable bonds is 1. The molecule has 1 saturated carbocycles. The van der Waals surface area contributed by atoms with Gasteiger partial charge in [-0.2, -0.15) is 0 Å². The van der Waals surface area contributed by atoms with E-state index in [4.69, 9.17) is 4.74 Å². The number of nitrogens with zero attached hydrogens (tertiary/aromatic N) is 1. The van der Waals surface area contributed by atoms with E-state index in [9.17, 15) is 4.79 Å². The number of carbonyl (C=O) groups excluding carboxylic acids is 1. The predicted octanol–water partition coefficient (Wildman–Crippen LogP) is 2.08. The van der Waals surface area contributed by atoms with Gasteiger partial charge in [0.15, 0.2) is 0 Å². The summed E-state index contributed by atoms with van der Waals surface area (Å²) in [5, 5.41) is 0. The van der Waals surface area contributed by atoms with E-state index in [0.717, 1.165) is 56.2 Å². The Morgan fingerprint density at radius 2 is 1.74 bits per heavy atom. The highest BCUT2D eigenvalue weighted by Crippen LogP contribution is 2.48. The number of hydrogen-bond donors (Lipinski definition) is 0. The van der Waals surface area contributed by atoms with Gasteiger partial charge in [0, 0.05) is 19.7 Å². The molecule has 2 heterocycles. The van der Waals surface area contributed by atoms with Crippen LogP contribution in [0.15, 0.2) is 12.2 Å². The fourth-order valence-electron chi connectivity index (χ4n) is 4.71. The molecule has 1 amide bonds. The van der Waals surface area contributed by atoms with Crippen LogP contribution in [-0.4, -0.2) is 37.1 Å². The van der Waals surface area contributed by atoms with Gasteiger partial charge in [0.1, 0.15) is 0 Å². The van der Waals surface area contributed by atoms with Crippen LogP contribution in [0.1, 0.15) is 25.7 Å². The summed E-state index contributed by atoms with van der Waals surface area (Å²) in [6.07, 6.45) is 9.60. The first-order valence-corrected chi connectivity index (χ1v) is 7.88. The molecule has 104 valence electrons. The van der Waals surface area contributed by atoms with Crippen LogP contribution >= 0.6 is 0 Å². The Hall–Kier alpha value is -0.830. The Kier molecular flexibility index (Phi) is 2.91. The largest absolute Gasteiger partial charge is 0.381 e. The number of hydrogen-bond acceptors (Lipinski definition) is 2. The molecule has 5 unspecified atom stereocenters. The molecular weight excluding hydrogens is 238 g/mol. The van der Waals surface area contributed by atoms with Crippen LogP contribution in [0.2, 0.25) is 0 Å². The second kappa shape index (κ2) is 4.62. The SMILES string of the molecule is O=C(C1CCCOC1)N1CC2C3C=CC(CC3)C2C1. The average molecular weight is 261 g/mol. The highest BCUT2D eigenvalue weighted by molar-refractivity contribution is 5.79. The van der Waals surface area contributed by atoms with Crippen molar-refractivity contribution in [1.29, 1.82) is 0 Å². The summed E-state index contributed by atoms with van der Waals surface area (Å²) in [6, 6.07) is 0. The maximum atomic E-state index is 12.6. The minimum absolute atomic E-state index is 0.138. The van der Waals surface area contributed by atoms with Gasteiger partial charge in [0.05, 0.1) is 12.5 Å². The van der Waals surface area contributed by atoms with Crippen molar-refractivity contribution in [3.63, 3.8) is 0 Å². The lowest BCUT2D eigenvalue weighted by Gasteiger charge is -2.40. The molecule has 0 N–H and O–H groups in total. The second-order valence-electron chi connectivity index (χ2n) is 6.77. The number of allylic oxidation sites excluding steroid dienone is 2. The number of amides is 1. The molecule has 19 heavy (non-hydrogen) atoms. The Balaban J connectivity index is 1.46. The molecule has 2 saturated heterocycles. The van der Waals surface area contributed by atoms with E-state index in [0.29, 0.717) is 12.5 Å². The maximum absolute atomic E-state index is 12.6. The zero-order chi connectivity index (χ0) is 12.8. The topological polar surface area (TPSA) is 29.5 Å². The van der Waals surface area contributed by atoms with Crippen LogP contribution in [0.3, 0.4) is 0 Å². The van der Waals surface area contributed by atoms with Gasteiger partial charge < -0.3 is 9.64 Å². The summed E-state index contributed by atoms with van der Waals surface area (Å²) in [4.78, 5) is 14.8. The molecular formula is C16H23NO2. The van der Waals surface area contributed by atoms with Gasteiger partial charge >= 0.3 is 0 Å². The molecule has 5 rings (SSSR count). The van der Waals surface area contributed by atoms with Crippen molar-refractivity contribution in [2.75, 3.05) is 26.3 Å².